The zero-order valence-corrected chi connectivity index (χ0v) is 19.2. The van der Waals surface area contributed by atoms with E-state index in [1.807, 2.05) is 60.7 Å². The largest absolute Gasteiger partial charge is 1.00 e. The Morgan fingerprint density at radius 1 is 0.857 bits per heavy atom. The topological polar surface area (TPSA) is 70.7 Å². The van der Waals surface area contributed by atoms with Crippen LogP contribution in [0.5, 0.6) is 0 Å². The predicted molar refractivity (Wildman–Crippen MR) is 112 cm³/mol. The summed E-state index contributed by atoms with van der Waals surface area (Å²) in [6, 6.07) is 19.9. The Balaban J connectivity index is 0.00000392. The number of rotatable bonds is 9. The van der Waals surface area contributed by atoms with Crippen molar-refractivity contribution < 1.29 is 27.5 Å². The normalized spacial score (nSPS) is 12.1. The van der Waals surface area contributed by atoms with Crippen LogP contribution < -0.4 is 28.4 Å². The van der Waals surface area contributed by atoms with Gasteiger partial charge in [-0.1, -0.05) is 88.4 Å². The van der Waals surface area contributed by atoms with Gasteiger partial charge in [-0.2, -0.15) is 0 Å². The van der Waals surface area contributed by atoms with Gasteiger partial charge in [0.2, 0.25) is 5.91 Å². The molecule has 154 valence electrons. The smallest absolute Gasteiger partial charge is 0.232 e. The van der Waals surface area contributed by atoms with Crippen molar-refractivity contribution >= 4 is 5.91 Å². The van der Waals surface area contributed by atoms with Crippen LogP contribution in [-0.4, -0.2) is 11.4 Å². The molecule has 0 unspecified atom stereocenters. The summed E-state index contributed by atoms with van der Waals surface area (Å²) in [6.45, 7) is 8.96. The SMILES string of the molecule is CC(C)C([NH3+])(CCCC(C(N)=O)(c1ccccc1)c1ccccc1)C(C)C.[Br-]. The van der Waals surface area contributed by atoms with Crippen LogP contribution >= 0.6 is 0 Å². The number of benzene rings is 2. The van der Waals surface area contributed by atoms with Crippen molar-refractivity contribution in [2.75, 3.05) is 0 Å². The molecule has 2 aromatic rings. The number of halogens is 1. The number of nitrogens with two attached hydrogens (primary N) is 1. The van der Waals surface area contributed by atoms with Crippen LogP contribution in [0.1, 0.15) is 58.1 Å². The molecule has 0 aliphatic carbocycles. The first-order chi connectivity index (χ1) is 12.7. The molecule has 0 atom stereocenters. The minimum absolute atomic E-state index is 0. The zero-order chi connectivity index (χ0) is 20.1. The number of carbonyl (C=O) groups excluding carboxylic acids is 1. The summed E-state index contributed by atoms with van der Waals surface area (Å²) in [4.78, 5) is 12.9. The Kier molecular flexibility index (Phi) is 8.90. The maximum Gasteiger partial charge on any atom is 0.232 e. The fourth-order valence-electron chi connectivity index (χ4n) is 4.24. The monoisotopic (exact) mass is 446 g/mol. The molecule has 3 nitrogen and oxygen atoms in total. The number of hydrogen-bond acceptors (Lipinski definition) is 1. The van der Waals surface area contributed by atoms with Gasteiger partial charge in [0.15, 0.2) is 0 Å². The highest BCUT2D eigenvalue weighted by Gasteiger charge is 2.42. The molecule has 0 bridgehead atoms. The van der Waals surface area contributed by atoms with E-state index in [0.29, 0.717) is 18.3 Å². The van der Waals surface area contributed by atoms with Gasteiger partial charge in [-0.3, -0.25) is 4.79 Å². The number of hydrogen-bond donors (Lipinski definition) is 2. The van der Waals surface area contributed by atoms with E-state index in [9.17, 15) is 4.79 Å². The molecule has 0 spiro atoms. The van der Waals surface area contributed by atoms with E-state index < -0.39 is 5.41 Å². The highest BCUT2D eigenvalue weighted by atomic mass is 79.9. The summed E-state index contributed by atoms with van der Waals surface area (Å²) < 4.78 is 0. The van der Waals surface area contributed by atoms with E-state index in [0.717, 1.165) is 24.0 Å². The molecule has 0 aromatic heterocycles. The minimum Gasteiger partial charge on any atom is -1.00 e. The lowest BCUT2D eigenvalue weighted by atomic mass is 9.68. The molecule has 0 aliphatic rings. The van der Waals surface area contributed by atoms with E-state index in [1.165, 1.54) is 0 Å². The average molecular weight is 447 g/mol. The Hall–Kier alpha value is -1.65. The molecule has 0 saturated carbocycles. The van der Waals surface area contributed by atoms with E-state index in [4.69, 9.17) is 5.73 Å². The third-order valence-electron chi connectivity index (χ3n) is 6.45. The van der Waals surface area contributed by atoms with Gasteiger partial charge in [-0.05, 0) is 24.0 Å². The molecule has 0 heterocycles. The fraction of sp³-hybridized carbons (Fsp3) is 0.458. The van der Waals surface area contributed by atoms with Crippen molar-refractivity contribution in [3.63, 3.8) is 0 Å². The van der Waals surface area contributed by atoms with E-state index in [-0.39, 0.29) is 28.4 Å². The molecule has 4 heteroatoms. The Morgan fingerprint density at radius 3 is 1.57 bits per heavy atom. The molecule has 28 heavy (non-hydrogen) atoms. The third kappa shape index (κ3) is 4.84. The van der Waals surface area contributed by atoms with Gasteiger partial charge in [0, 0.05) is 18.3 Å². The quantitative estimate of drug-likeness (QED) is 0.590. The van der Waals surface area contributed by atoms with Crippen molar-refractivity contribution in [1.29, 1.82) is 0 Å². The second-order valence-corrected chi connectivity index (χ2v) is 8.40. The van der Waals surface area contributed by atoms with Gasteiger partial charge in [0.1, 0.15) is 0 Å². The van der Waals surface area contributed by atoms with Gasteiger partial charge in [-0.15, -0.1) is 0 Å². The first-order valence-corrected chi connectivity index (χ1v) is 10.0. The Labute approximate surface area is 180 Å². The molecular formula is C24H35BrN2O. The number of amides is 1. The summed E-state index contributed by atoms with van der Waals surface area (Å²) in [5.74, 6) is 0.673. The van der Waals surface area contributed by atoms with E-state index >= 15 is 0 Å². The third-order valence-corrected chi connectivity index (χ3v) is 6.45. The molecule has 0 fully saturated rings. The van der Waals surface area contributed by atoms with Crippen LogP contribution in [0.15, 0.2) is 60.7 Å². The Morgan fingerprint density at radius 2 is 1.25 bits per heavy atom. The zero-order valence-electron chi connectivity index (χ0n) is 17.6. The van der Waals surface area contributed by atoms with E-state index in [1.54, 1.807) is 0 Å². The number of primary amides is 1. The van der Waals surface area contributed by atoms with Crippen LogP contribution in [-0.2, 0) is 10.2 Å². The maximum atomic E-state index is 12.9. The summed E-state index contributed by atoms with van der Waals surface area (Å²) in [6.07, 6.45) is 2.55. The van der Waals surface area contributed by atoms with Crippen molar-refractivity contribution in [1.82, 2.24) is 0 Å². The fourth-order valence-corrected chi connectivity index (χ4v) is 4.24. The second-order valence-electron chi connectivity index (χ2n) is 8.40. The first-order valence-electron chi connectivity index (χ1n) is 10.0. The summed E-state index contributed by atoms with van der Waals surface area (Å²) >= 11 is 0. The van der Waals surface area contributed by atoms with Crippen LogP contribution in [0.4, 0.5) is 0 Å². The molecule has 0 radical (unpaired) electrons. The highest BCUT2D eigenvalue weighted by Crippen LogP contribution is 2.38. The van der Waals surface area contributed by atoms with Gasteiger partial charge in [-0.25, -0.2) is 0 Å². The lowest BCUT2D eigenvalue weighted by Gasteiger charge is -2.36. The van der Waals surface area contributed by atoms with Gasteiger partial charge >= 0.3 is 0 Å². The molecule has 1 amide bonds. The standard InChI is InChI=1S/C24H34N2O.BrH/c1-18(2)24(26,19(3)4)17-11-16-23(22(25)27,20-12-7-5-8-13-20)21-14-9-6-10-15-21;/h5-10,12-15,18-19H,11,16-17,26H2,1-4H3,(H2,25,27);1H. The molecule has 2 rings (SSSR count). The van der Waals surface area contributed by atoms with Gasteiger partial charge in [0.05, 0.1) is 11.0 Å². The number of carbonyl (C=O) groups is 1. The summed E-state index contributed by atoms with van der Waals surface area (Å²) in [5.41, 5.74) is 11.7. The molecule has 5 N–H and O–H groups in total. The van der Waals surface area contributed by atoms with Crippen molar-refractivity contribution in [3.05, 3.63) is 71.8 Å². The van der Waals surface area contributed by atoms with Gasteiger partial charge in [0.25, 0.3) is 0 Å². The molecule has 0 saturated heterocycles. The van der Waals surface area contributed by atoms with Crippen molar-refractivity contribution in [2.45, 2.75) is 57.9 Å². The predicted octanol–water partition coefficient (Wildman–Crippen LogP) is 0.925. The first kappa shape index (κ1) is 24.4. The summed E-state index contributed by atoms with van der Waals surface area (Å²) in [7, 11) is 0. The Bertz CT molecular complexity index is 681. The van der Waals surface area contributed by atoms with Crippen LogP contribution in [0, 0.1) is 11.8 Å². The minimum atomic E-state index is -0.808. The van der Waals surface area contributed by atoms with Gasteiger partial charge < -0.3 is 28.4 Å². The van der Waals surface area contributed by atoms with Crippen molar-refractivity contribution in [2.24, 2.45) is 17.6 Å². The highest BCUT2D eigenvalue weighted by molar-refractivity contribution is 5.90. The lowest BCUT2D eigenvalue weighted by molar-refractivity contribution is -0.505. The number of quaternary nitrogens is 1. The van der Waals surface area contributed by atoms with Crippen molar-refractivity contribution in [3.8, 4) is 0 Å². The van der Waals surface area contributed by atoms with Crippen LogP contribution in [0.3, 0.4) is 0 Å². The molecular weight excluding hydrogens is 412 g/mol. The average Bonchev–Trinajstić information content (AvgIpc) is 2.66. The molecule has 0 aliphatic heterocycles. The van der Waals surface area contributed by atoms with E-state index in [2.05, 4.69) is 33.4 Å². The summed E-state index contributed by atoms with van der Waals surface area (Å²) in [5, 5.41) is 0. The second kappa shape index (κ2) is 10.2. The van der Waals surface area contributed by atoms with Crippen LogP contribution in [0.2, 0.25) is 0 Å². The molecule has 2 aromatic carbocycles. The maximum absolute atomic E-state index is 12.9. The van der Waals surface area contributed by atoms with Crippen LogP contribution in [0.25, 0.3) is 0 Å². The lowest BCUT2D eigenvalue weighted by Crippen LogP contribution is -3.00.